The molecule has 6 heteroatoms. The maximum Gasteiger partial charge on any atom is 0.136 e. The molecule has 0 radical (unpaired) electrons. The molecule has 49 heavy (non-hydrogen) atoms. The van der Waals surface area contributed by atoms with E-state index in [0.29, 0.717) is 19.8 Å². The number of fused-ring (bicyclic) bond motifs is 3. The summed E-state index contributed by atoms with van der Waals surface area (Å²) in [6.07, 6.45) is 11.8. The zero-order chi connectivity index (χ0) is 33.6. The Kier molecular flexibility index (Phi) is 9.69. The molecule has 1 heterocycles. The van der Waals surface area contributed by atoms with Gasteiger partial charge in [0.05, 0.1) is 39.0 Å². The van der Waals surface area contributed by atoms with Gasteiger partial charge in [0.25, 0.3) is 0 Å². The third-order valence-corrected chi connectivity index (χ3v) is 9.66. The number of allylic oxidation sites excluding steroid dienone is 6. The van der Waals surface area contributed by atoms with Gasteiger partial charge in [-0.3, -0.25) is 0 Å². The van der Waals surface area contributed by atoms with Gasteiger partial charge < -0.3 is 28.8 Å². The molecule has 2 aliphatic carbocycles. The highest BCUT2D eigenvalue weighted by Crippen LogP contribution is 2.48. The van der Waals surface area contributed by atoms with Crippen LogP contribution in [-0.2, 0) is 46.2 Å². The molecule has 250 valence electrons. The summed E-state index contributed by atoms with van der Waals surface area (Å²) in [6, 6.07) is 30.9. The van der Waals surface area contributed by atoms with Crippen LogP contribution in [-0.4, -0.2) is 19.3 Å². The van der Waals surface area contributed by atoms with Crippen LogP contribution in [0.3, 0.4) is 0 Å². The highest BCUT2D eigenvalue weighted by molar-refractivity contribution is 5.76. The first-order valence-corrected chi connectivity index (χ1v) is 16.9. The van der Waals surface area contributed by atoms with Crippen LogP contribution in [0, 0.1) is 0 Å². The Labute approximate surface area is 288 Å². The molecule has 0 fully saturated rings. The van der Waals surface area contributed by atoms with Gasteiger partial charge in [-0.2, -0.15) is 0 Å². The zero-order valence-corrected chi connectivity index (χ0v) is 28.1. The van der Waals surface area contributed by atoms with E-state index in [4.69, 9.17) is 23.7 Å². The third-order valence-electron chi connectivity index (χ3n) is 9.66. The molecule has 0 aromatic heterocycles. The van der Waals surface area contributed by atoms with Crippen molar-refractivity contribution in [2.75, 3.05) is 14.2 Å². The first-order valence-electron chi connectivity index (χ1n) is 16.9. The summed E-state index contributed by atoms with van der Waals surface area (Å²) >= 11 is 0. The van der Waals surface area contributed by atoms with Crippen LogP contribution < -0.4 is 9.47 Å². The van der Waals surface area contributed by atoms with Crippen molar-refractivity contribution < 1.29 is 28.8 Å². The second kappa shape index (κ2) is 14.6. The fraction of sp³-hybridized carbons (Fsp3) is 0.256. The molecule has 0 saturated heterocycles. The molecule has 0 unspecified atom stereocenters. The minimum Gasteiger partial charge on any atom is -0.501 e. The van der Waals surface area contributed by atoms with E-state index >= 15 is 0 Å². The van der Waals surface area contributed by atoms with Crippen LogP contribution in [0.4, 0.5) is 0 Å². The summed E-state index contributed by atoms with van der Waals surface area (Å²) < 4.78 is 30.8. The summed E-state index contributed by atoms with van der Waals surface area (Å²) in [4.78, 5) is 0. The molecule has 0 bridgehead atoms. The summed E-state index contributed by atoms with van der Waals surface area (Å²) in [5, 5.41) is 9.45. The lowest BCUT2D eigenvalue weighted by atomic mass is 9.73. The van der Waals surface area contributed by atoms with E-state index in [1.54, 1.807) is 14.2 Å². The smallest absolute Gasteiger partial charge is 0.136 e. The number of benzene rings is 4. The molecule has 7 rings (SSSR count). The van der Waals surface area contributed by atoms with E-state index in [1.165, 1.54) is 11.1 Å². The minimum absolute atomic E-state index is 0.0157. The Morgan fingerprint density at radius 1 is 0.653 bits per heavy atom. The molecule has 1 aliphatic heterocycles. The molecule has 0 spiro atoms. The molecule has 3 aliphatic rings. The zero-order valence-electron chi connectivity index (χ0n) is 28.1. The second-order valence-corrected chi connectivity index (χ2v) is 12.6. The van der Waals surface area contributed by atoms with Crippen molar-refractivity contribution >= 4 is 0 Å². The summed E-state index contributed by atoms with van der Waals surface area (Å²) in [5.74, 6) is 3.59. The van der Waals surface area contributed by atoms with E-state index in [2.05, 4.69) is 85.0 Å². The fourth-order valence-electron chi connectivity index (χ4n) is 7.05. The van der Waals surface area contributed by atoms with Gasteiger partial charge in [-0.1, -0.05) is 84.9 Å². The van der Waals surface area contributed by atoms with Crippen LogP contribution in [0.5, 0.6) is 11.5 Å². The Morgan fingerprint density at radius 3 is 2.02 bits per heavy atom. The van der Waals surface area contributed by atoms with Gasteiger partial charge in [0.2, 0.25) is 0 Å². The van der Waals surface area contributed by atoms with Crippen LogP contribution in [0.2, 0.25) is 0 Å². The number of aliphatic hydroxyl groups is 1. The van der Waals surface area contributed by atoms with Crippen molar-refractivity contribution in [2.24, 2.45) is 0 Å². The molecule has 0 amide bonds. The van der Waals surface area contributed by atoms with Crippen LogP contribution in [0.1, 0.15) is 53.5 Å². The molecule has 4 aromatic rings. The number of ether oxygens (including phenoxy) is 5. The minimum atomic E-state index is -0.744. The largest absolute Gasteiger partial charge is 0.501 e. The summed E-state index contributed by atoms with van der Waals surface area (Å²) in [5.41, 5.74) is 9.00. The Hall–Kier alpha value is -5.04. The van der Waals surface area contributed by atoms with Crippen molar-refractivity contribution in [3.8, 4) is 22.6 Å². The highest BCUT2D eigenvalue weighted by atomic mass is 16.5. The summed E-state index contributed by atoms with van der Waals surface area (Å²) in [6.45, 7) is 1.31. The van der Waals surface area contributed by atoms with E-state index in [-0.39, 0.29) is 6.61 Å². The second-order valence-electron chi connectivity index (χ2n) is 12.6. The lowest BCUT2D eigenvalue weighted by molar-refractivity contribution is -0.0115. The lowest BCUT2D eigenvalue weighted by Gasteiger charge is -2.41. The van der Waals surface area contributed by atoms with Gasteiger partial charge in [-0.15, -0.1) is 0 Å². The fourth-order valence-corrected chi connectivity index (χ4v) is 7.05. The van der Waals surface area contributed by atoms with E-state index in [9.17, 15) is 5.11 Å². The van der Waals surface area contributed by atoms with Crippen molar-refractivity contribution in [3.05, 3.63) is 166 Å². The number of methoxy groups -OCH3 is 2. The average molecular weight is 655 g/mol. The number of hydrogen-bond acceptors (Lipinski definition) is 6. The predicted octanol–water partition coefficient (Wildman–Crippen LogP) is 9.23. The Balaban J connectivity index is 1.16. The highest BCUT2D eigenvalue weighted by Gasteiger charge is 2.42. The molecule has 4 aromatic carbocycles. The van der Waals surface area contributed by atoms with Crippen LogP contribution >= 0.6 is 0 Å². The predicted molar refractivity (Wildman–Crippen MR) is 191 cm³/mol. The molecule has 6 nitrogen and oxygen atoms in total. The normalized spacial score (nSPS) is 15.4. The lowest BCUT2D eigenvalue weighted by Crippen LogP contribution is -2.36. The number of rotatable bonds is 12. The van der Waals surface area contributed by atoms with E-state index < -0.39 is 5.60 Å². The van der Waals surface area contributed by atoms with Gasteiger partial charge in [-0.25, -0.2) is 0 Å². The first kappa shape index (κ1) is 32.5. The van der Waals surface area contributed by atoms with Gasteiger partial charge in [-0.05, 0) is 82.2 Å². The Bertz CT molecular complexity index is 1890. The van der Waals surface area contributed by atoms with Crippen molar-refractivity contribution in [1.82, 2.24) is 0 Å². The quantitative estimate of drug-likeness (QED) is 0.164. The molecular weight excluding hydrogens is 612 g/mol. The van der Waals surface area contributed by atoms with Crippen LogP contribution in [0.15, 0.2) is 138 Å². The van der Waals surface area contributed by atoms with Crippen LogP contribution in [0.25, 0.3) is 11.1 Å². The van der Waals surface area contributed by atoms with Gasteiger partial charge in [0, 0.05) is 24.0 Å². The van der Waals surface area contributed by atoms with Crippen molar-refractivity contribution in [1.29, 1.82) is 0 Å². The third kappa shape index (κ3) is 6.80. The molecule has 0 atom stereocenters. The maximum atomic E-state index is 9.45. The SMILES string of the molecule is COC1=CC=C(C(OCc2ccc3c(c2)OCc2cc(OCc4cccc(CO)c4)ccc2-3)(C2=CC=C(OC)CC2)c2ccccc2)CC1. The average Bonchev–Trinajstić information content (AvgIpc) is 3.18. The van der Waals surface area contributed by atoms with Crippen molar-refractivity contribution in [3.63, 3.8) is 0 Å². The standard InChI is InChI=1S/C43H42O6/c1-45-37-16-12-35(13-17-37)43(34-9-4-3-5-10-34,36-14-18-38(46-2)19-15-36)49-28-32-11-21-41-40-22-20-39(25-33(40)29-48-42(41)24-32)47-27-31-8-6-7-30(23-31)26-44/h3-12,14,16,18,20-25,44H,13,15,17,19,26-29H2,1-2H3. The first-order chi connectivity index (χ1) is 24.1. The van der Waals surface area contributed by atoms with Gasteiger partial charge in [0.15, 0.2) is 0 Å². The molecule has 0 saturated carbocycles. The molecule has 1 N–H and O–H groups in total. The Morgan fingerprint density at radius 2 is 1.35 bits per heavy atom. The monoisotopic (exact) mass is 654 g/mol. The molecular formula is C43H42O6. The number of aliphatic hydroxyl groups excluding tert-OH is 1. The maximum absolute atomic E-state index is 9.45. The number of hydrogen-bond donors (Lipinski definition) is 1. The summed E-state index contributed by atoms with van der Waals surface area (Å²) in [7, 11) is 3.46. The topological polar surface area (TPSA) is 66.4 Å². The van der Waals surface area contributed by atoms with Crippen molar-refractivity contribution in [2.45, 2.75) is 57.7 Å². The van der Waals surface area contributed by atoms with Gasteiger partial charge in [0.1, 0.15) is 30.3 Å². The van der Waals surface area contributed by atoms with E-state index in [0.717, 1.165) is 87.6 Å². The van der Waals surface area contributed by atoms with Gasteiger partial charge >= 0.3 is 0 Å². The van der Waals surface area contributed by atoms with E-state index in [1.807, 2.05) is 30.3 Å².